The molecule has 1 N–H and O–H groups in total. The van der Waals surface area contributed by atoms with Crippen LogP contribution in [-0.2, 0) is 43.4 Å². The number of carbonyl (C=O) groups excluding carboxylic acids is 3. The number of imide groups is 1. The van der Waals surface area contributed by atoms with Crippen LogP contribution in [-0.4, -0.2) is 28.7 Å². The largest absolute Gasteiger partial charge is 0.324 e. The third-order valence-corrected chi connectivity index (χ3v) is 11.0. The predicted molar refractivity (Wildman–Crippen MR) is 173 cm³/mol. The maximum atomic E-state index is 14.7. The Bertz CT molecular complexity index is 1680. The molecule has 3 amide bonds. The summed E-state index contributed by atoms with van der Waals surface area (Å²) in [7, 11) is 0. The third kappa shape index (κ3) is 3.88. The lowest BCUT2D eigenvalue weighted by Gasteiger charge is -2.54. The molecule has 44 heavy (non-hydrogen) atoms. The van der Waals surface area contributed by atoms with Gasteiger partial charge in [0, 0.05) is 12.1 Å². The number of nitrogens with zero attached hydrogens (tertiary/aromatic N) is 1. The van der Waals surface area contributed by atoms with Crippen molar-refractivity contribution >= 4 is 46.6 Å². The van der Waals surface area contributed by atoms with E-state index in [9.17, 15) is 14.4 Å². The molecule has 1 heterocycles. The van der Waals surface area contributed by atoms with Gasteiger partial charge in [-0.3, -0.25) is 19.3 Å². The summed E-state index contributed by atoms with van der Waals surface area (Å²) in [4.78, 5) is 42.4. The zero-order valence-corrected chi connectivity index (χ0v) is 26.0. The van der Waals surface area contributed by atoms with Crippen molar-refractivity contribution in [2.45, 2.75) is 48.9 Å². The summed E-state index contributed by atoms with van der Waals surface area (Å²) in [6.07, 6.45) is 1.60. The first kappa shape index (κ1) is 28.8. The topological polar surface area (TPSA) is 66.5 Å². The second-order valence-electron chi connectivity index (χ2n) is 11.9. The van der Waals surface area contributed by atoms with Gasteiger partial charge in [0.2, 0.25) is 17.7 Å². The molecule has 0 spiro atoms. The number of rotatable bonds is 7. The van der Waals surface area contributed by atoms with E-state index < -0.39 is 45.3 Å². The van der Waals surface area contributed by atoms with Crippen molar-refractivity contribution in [2.24, 2.45) is 11.8 Å². The van der Waals surface area contributed by atoms with Crippen LogP contribution < -0.4 is 5.32 Å². The number of nitrogens with one attached hydrogen (secondary N) is 1. The predicted octanol–water partition coefficient (Wildman–Crippen LogP) is 6.95. The van der Waals surface area contributed by atoms with Crippen LogP contribution >= 0.6 is 23.2 Å². The highest BCUT2D eigenvalue weighted by Crippen LogP contribution is 2.69. The molecule has 0 radical (unpaired) electrons. The maximum Gasteiger partial charge on any atom is 0.248 e. The average molecular weight is 624 g/mol. The zero-order valence-electron chi connectivity index (χ0n) is 24.5. The van der Waals surface area contributed by atoms with Crippen molar-refractivity contribution in [3.05, 3.63) is 136 Å². The van der Waals surface area contributed by atoms with Gasteiger partial charge in [-0.25, -0.2) is 0 Å². The number of halogens is 2. The zero-order chi connectivity index (χ0) is 30.8. The van der Waals surface area contributed by atoms with Crippen LogP contribution in [0.15, 0.2) is 97.1 Å². The fraction of sp³-hybridized carbons (Fsp3) is 0.270. The summed E-state index contributed by atoms with van der Waals surface area (Å²) >= 11 is 15.3. The minimum absolute atomic E-state index is 0.157. The van der Waals surface area contributed by atoms with E-state index in [2.05, 4.69) is 5.32 Å². The standard InChI is InChI=1S/C37H32Cl2N2O3/c1-3-23-15-12-16-24(4-2)32(23)40-33(42)29(21-22-13-6-5-7-14-22)41-34(43)30-31(35(41)44)37(39)26-18-9-8-17-25(26)36(30,38)27-19-10-11-20-28(27)37/h5-20,29-31H,3-4,21H2,1-2H3,(H,40,42)/t29-,30+,31+,36?,37?/m0/s1. The molecule has 8 rings (SSSR count). The van der Waals surface area contributed by atoms with E-state index >= 15 is 0 Å². The van der Waals surface area contributed by atoms with Gasteiger partial charge >= 0.3 is 0 Å². The van der Waals surface area contributed by atoms with Crippen LogP contribution in [0.1, 0.15) is 52.8 Å². The molecule has 0 aromatic heterocycles. The molecule has 4 aromatic carbocycles. The first-order chi connectivity index (χ1) is 21.3. The Morgan fingerprint density at radius 3 is 1.57 bits per heavy atom. The Labute approximate surface area is 267 Å². The normalized spacial score (nSPS) is 25.3. The van der Waals surface area contributed by atoms with Crippen molar-refractivity contribution in [1.29, 1.82) is 0 Å². The molecule has 5 nitrogen and oxygen atoms in total. The Hall–Kier alpha value is -3.93. The molecule has 4 aliphatic rings. The minimum atomic E-state index is -1.31. The first-order valence-corrected chi connectivity index (χ1v) is 15.9. The summed E-state index contributed by atoms with van der Waals surface area (Å²) in [6.45, 7) is 4.07. The summed E-state index contributed by atoms with van der Waals surface area (Å²) in [5, 5.41) is 3.14. The molecule has 1 aliphatic heterocycles. The Kier molecular flexibility index (Phi) is 6.95. The van der Waals surface area contributed by atoms with Crippen LogP contribution in [0.2, 0.25) is 0 Å². The van der Waals surface area contributed by atoms with Crippen LogP contribution in [0.5, 0.6) is 0 Å². The molecule has 3 atom stereocenters. The van der Waals surface area contributed by atoms with Crippen molar-refractivity contribution in [1.82, 2.24) is 4.90 Å². The second-order valence-corrected chi connectivity index (χ2v) is 13.1. The molecule has 1 fully saturated rings. The minimum Gasteiger partial charge on any atom is -0.324 e. The van der Waals surface area contributed by atoms with Gasteiger partial charge < -0.3 is 5.32 Å². The molecule has 0 saturated carbocycles. The number of anilines is 1. The lowest BCUT2D eigenvalue weighted by Crippen LogP contribution is -2.57. The fourth-order valence-corrected chi connectivity index (χ4v) is 8.84. The van der Waals surface area contributed by atoms with E-state index in [1.807, 2.05) is 111 Å². The average Bonchev–Trinajstić information content (AvgIpc) is 3.33. The highest BCUT2D eigenvalue weighted by atomic mass is 35.5. The van der Waals surface area contributed by atoms with Crippen LogP contribution in [0.4, 0.5) is 5.69 Å². The summed E-state index contributed by atoms with van der Waals surface area (Å²) in [6, 6.07) is 29.4. The van der Waals surface area contributed by atoms with Gasteiger partial charge in [-0.2, -0.15) is 0 Å². The molecular weight excluding hydrogens is 591 g/mol. The number of benzene rings is 4. The van der Waals surface area contributed by atoms with Crippen molar-refractivity contribution in [3.8, 4) is 0 Å². The number of likely N-dealkylation sites (tertiary alicyclic amines) is 1. The number of aryl methyl sites for hydroxylation is 2. The summed E-state index contributed by atoms with van der Waals surface area (Å²) in [5.41, 5.74) is 6.47. The van der Waals surface area contributed by atoms with Crippen LogP contribution in [0.3, 0.4) is 0 Å². The number of hydrogen-bond donors (Lipinski definition) is 1. The third-order valence-electron chi connectivity index (χ3n) is 9.75. The van der Waals surface area contributed by atoms with Gasteiger partial charge in [0.25, 0.3) is 0 Å². The molecule has 2 bridgehead atoms. The first-order valence-electron chi connectivity index (χ1n) is 15.2. The van der Waals surface area contributed by atoms with E-state index in [0.29, 0.717) is 0 Å². The molecule has 4 aromatic rings. The monoisotopic (exact) mass is 622 g/mol. The van der Waals surface area contributed by atoms with E-state index in [1.165, 1.54) is 4.90 Å². The Balaban J connectivity index is 1.37. The van der Waals surface area contributed by atoms with Crippen molar-refractivity contribution in [2.75, 3.05) is 5.32 Å². The van der Waals surface area contributed by atoms with Gasteiger partial charge in [-0.1, -0.05) is 111 Å². The van der Waals surface area contributed by atoms with Gasteiger partial charge in [-0.15, -0.1) is 23.2 Å². The molecule has 222 valence electrons. The lowest BCUT2D eigenvalue weighted by atomic mass is 9.54. The number of carbonyl (C=O) groups is 3. The van der Waals surface area contributed by atoms with E-state index in [0.717, 1.165) is 57.5 Å². The van der Waals surface area contributed by atoms with Crippen LogP contribution in [0, 0.1) is 11.8 Å². The molecular formula is C37H32Cl2N2O3. The fourth-order valence-electron chi connectivity index (χ4n) is 7.74. The molecule has 7 heteroatoms. The highest BCUT2D eigenvalue weighted by Gasteiger charge is 2.73. The quantitative estimate of drug-likeness (QED) is 0.179. The second kappa shape index (κ2) is 10.6. The number of hydrogen-bond acceptors (Lipinski definition) is 3. The van der Waals surface area contributed by atoms with Crippen molar-refractivity contribution < 1.29 is 14.4 Å². The molecule has 1 saturated heterocycles. The summed E-state index contributed by atoms with van der Waals surface area (Å²) in [5.74, 6) is -3.31. The SMILES string of the molecule is CCc1cccc(CC)c1NC(=O)[C@H](Cc1ccccc1)N1C(=O)[C@H]2[C@H](C1=O)C1(Cl)c3ccccc3C2(Cl)c2ccccc21. The van der Waals surface area contributed by atoms with Gasteiger partial charge in [0.15, 0.2) is 0 Å². The van der Waals surface area contributed by atoms with E-state index in [1.54, 1.807) is 0 Å². The maximum absolute atomic E-state index is 14.7. The Morgan fingerprint density at radius 2 is 1.14 bits per heavy atom. The molecule has 0 unspecified atom stereocenters. The van der Waals surface area contributed by atoms with Gasteiger partial charge in [-0.05, 0) is 51.8 Å². The number of amides is 3. The Morgan fingerprint density at radius 1 is 0.705 bits per heavy atom. The van der Waals surface area contributed by atoms with E-state index in [-0.39, 0.29) is 6.42 Å². The number of alkyl halides is 2. The van der Waals surface area contributed by atoms with E-state index in [4.69, 9.17) is 23.2 Å². The lowest BCUT2D eigenvalue weighted by molar-refractivity contribution is -0.146. The van der Waals surface area contributed by atoms with Crippen LogP contribution in [0.25, 0.3) is 0 Å². The summed E-state index contributed by atoms with van der Waals surface area (Å²) < 4.78 is 0. The number of para-hydroxylation sites is 1. The van der Waals surface area contributed by atoms with Crippen molar-refractivity contribution in [3.63, 3.8) is 0 Å². The smallest absolute Gasteiger partial charge is 0.248 e. The highest BCUT2D eigenvalue weighted by molar-refractivity contribution is 6.36. The van der Waals surface area contributed by atoms with Gasteiger partial charge in [0.1, 0.15) is 15.8 Å². The molecule has 3 aliphatic carbocycles. The van der Waals surface area contributed by atoms with Gasteiger partial charge in [0.05, 0.1) is 11.8 Å².